The minimum atomic E-state index is -0.826. The summed E-state index contributed by atoms with van der Waals surface area (Å²) in [5.41, 5.74) is 1.86. The lowest BCUT2D eigenvalue weighted by Crippen LogP contribution is -2.50. The molecule has 2 aliphatic rings. The number of likely N-dealkylation sites (tertiary alicyclic amines) is 1. The highest BCUT2D eigenvalue weighted by atomic mass is 79.9. The molecule has 2 aromatic rings. The second-order valence-electron chi connectivity index (χ2n) is 7.99. The van der Waals surface area contributed by atoms with E-state index in [1.54, 1.807) is 11.1 Å². The number of rotatable bonds is 6. The predicted octanol–water partition coefficient (Wildman–Crippen LogP) is 2.63. The van der Waals surface area contributed by atoms with E-state index in [4.69, 9.17) is 9.47 Å². The van der Waals surface area contributed by atoms with E-state index in [1.165, 1.54) is 0 Å². The first-order chi connectivity index (χ1) is 14.4. The van der Waals surface area contributed by atoms with E-state index in [2.05, 4.69) is 31.2 Å². The van der Waals surface area contributed by atoms with E-state index < -0.39 is 11.8 Å². The van der Waals surface area contributed by atoms with Gasteiger partial charge in [-0.1, -0.05) is 41.9 Å². The van der Waals surface area contributed by atoms with Gasteiger partial charge >= 0.3 is 0 Å². The van der Waals surface area contributed by atoms with Crippen LogP contribution in [0.4, 0.5) is 0 Å². The van der Waals surface area contributed by atoms with E-state index in [1.807, 2.05) is 38.1 Å². The Morgan fingerprint density at radius 2 is 2.03 bits per heavy atom. The summed E-state index contributed by atoms with van der Waals surface area (Å²) in [6.45, 7) is 5.10. The van der Waals surface area contributed by atoms with E-state index >= 15 is 0 Å². The van der Waals surface area contributed by atoms with Crippen molar-refractivity contribution in [1.29, 1.82) is 0 Å². The van der Waals surface area contributed by atoms with Crippen molar-refractivity contribution in [2.75, 3.05) is 19.8 Å². The number of halogens is 1. The van der Waals surface area contributed by atoms with Crippen molar-refractivity contribution in [3.05, 3.63) is 40.8 Å². The van der Waals surface area contributed by atoms with Gasteiger partial charge in [-0.3, -0.25) is 9.59 Å². The van der Waals surface area contributed by atoms with Crippen LogP contribution in [-0.2, 0) is 19.1 Å². The molecular formula is C21H25BrN4O4. The third-order valence-corrected chi connectivity index (χ3v) is 6.16. The normalized spacial score (nSPS) is 21.3. The van der Waals surface area contributed by atoms with Gasteiger partial charge < -0.3 is 24.7 Å². The first kappa shape index (κ1) is 21.0. The molecule has 2 aliphatic heterocycles. The predicted molar refractivity (Wildman–Crippen MR) is 113 cm³/mol. The van der Waals surface area contributed by atoms with Crippen LogP contribution in [0.5, 0.6) is 0 Å². The van der Waals surface area contributed by atoms with Crippen molar-refractivity contribution in [3.63, 3.8) is 0 Å². The number of H-pyrrole nitrogens is 1. The highest BCUT2D eigenvalue weighted by molar-refractivity contribution is 9.10. The van der Waals surface area contributed by atoms with Gasteiger partial charge in [0.2, 0.25) is 12.3 Å². The third-order valence-electron chi connectivity index (χ3n) is 5.64. The Bertz CT molecular complexity index is 908. The third kappa shape index (κ3) is 4.01. The van der Waals surface area contributed by atoms with Gasteiger partial charge in [0, 0.05) is 10.9 Å². The molecule has 0 aliphatic carbocycles. The lowest BCUT2D eigenvalue weighted by atomic mass is 10.0. The fourth-order valence-electron chi connectivity index (χ4n) is 4.10. The summed E-state index contributed by atoms with van der Waals surface area (Å²) in [6, 6.07) is 6.96. The lowest BCUT2D eigenvalue weighted by molar-refractivity contribution is -0.154. The molecular weight excluding hydrogens is 452 g/mol. The molecule has 1 spiro atoms. The fraction of sp³-hybridized carbons (Fsp3) is 0.476. The molecule has 2 saturated heterocycles. The monoisotopic (exact) mass is 476 g/mol. The van der Waals surface area contributed by atoms with Crippen LogP contribution in [0.15, 0.2) is 34.9 Å². The standard InChI is InChI=1S/C21H25BrN4O4/c1-13(2)18(24-12-27)20(28)26-11-21(29-7-8-30-21)9-17(26)19-23-10-16(25-19)14-3-5-15(22)6-4-14/h3-6,10,12-13,17-18H,7-9,11H2,1-2H3,(H,23,25)(H,24,27). The molecule has 3 heterocycles. The maximum atomic E-state index is 13.4. The van der Waals surface area contributed by atoms with Crippen LogP contribution in [0.25, 0.3) is 11.3 Å². The topological polar surface area (TPSA) is 96.6 Å². The Morgan fingerprint density at radius 3 is 2.67 bits per heavy atom. The summed E-state index contributed by atoms with van der Waals surface area (Å²) < 4.78 is 12.8. The maximum absolute atomic E-state index is 13.4. The molecule has 9 heteroatoms. The van der Waals surface area contributed by atoms with Crippen LogP contribution in [-0.4, -0.2) is 58.8 Å². The molecule has 2 amide bonds. The number of carbonyl (C=O) groups excluding carboxylic acids is 2. The second kappa shape index (κ2) is 8.49. The van der Waals surface area contributed by atoms with Crippen molar-refractivity contribution in [2.24, 2.45) is 5.92 Å². The molecule has 2 N–H and O–H groups in total. The van der Waals surface area contributed by atoms with Crippen molar-refractivity contribution < 1.29 is 19.1 Å². The Labute approximate surface area is 183 Å². The molecule has 4 rings (SSSR count). The average molecular weight is 477 g/mol. The molecule has 0 radical (unpaired) electrons. The quantitative estimate of drug-likeness (QED) is 0.624. The molecule has 2 fully saturated rings. The van der Waals surface area contributed by atoms with Crippen molar-refractivity contribution in [1.82, 2.24) is 20.2 Å². The van der Waals surface area contributed by atoms with Crippen LogP contribution < -0.4 is 5.32 Å². The van der Waals surface area contributed by atoms with Gasteiger partial charge in [-0.05, 0) is 23.6 Å². The zero-order valence-corrected chi connectivity index (χ0v) is 18.5. The molecule has 2 atom stereocenters. The first-order valence-corrected chi connectivity index (χ1v) is 10.8. The number of imidazole rings is 1. The summed E-state index contributed by atoms with van der Waals surface area (Å²) in [5, 5.41) is 2.66. The molecule has 0 saturated carbocycles. The summed E-state index contributed by atoms with van der Waals surface area (Å²) >= 11 is 3.44. The number of nitrogens with zero attached hydrogens (tertiary/aromatic N) is 2. The molecule has 1 aromatic heterocycles. The summed E-state index contributed by atoms with van der Waals surface area (Å²) in [7, 11) is 0. The van der Waals surface area contributed by atoms with Crippen molar-refractivity contribution in [3.8, 4) is 11.3 Å². The Hall–Kier alpha value is -2.23. The number of aromatic nitrogens is 2. The van der Waals surface area contributed by atoms with Crippen LogP contribution in [0.2, 0.25) is 0 Å². The summed E-state index contributed by atoms with van der Waals surface area (Å²) in [6.07, 6.45) is 2.83. The number of hydrogen-bond donors (Lipinski definition) is 2. The van der Waals surface area contributed by atoms with Crippen LogP contribution in [0.3, 0.4) is 0 Å². The number of nitrogens with one attached hydrogen (secondary N) is 2. The highest BCUT2D eigenvalue weighted by Crippen LogP contribution is 2.42. The number of amides is 2. The summed E-state index contributed by atoms with van der Waals surface area (Å²) in [4.78, 5) is 34.1. The first-order valence-electron chi connectivity index (χ1n) is 10.0. The van der Waals surface area contributed by atoms with Gasteiger partial charge in [-0.15, -0.1) is 0 Å². The number of carbonyl (C=O) groups is 2. The van der Waals surface area contributed by atoms with E-state index in [0.29, 0.717) is 38.4 Å². The molecule has 160 valence electrons. The van der Waals surface area contributed by atoms with Crippen LogP contribution in [0, 0.1) is 5.92 Å². The lowest BCUT2D eigenvalue weighted by Gasteiger charge is -2.29. The number of hydrogen-bond acceptors (Lipinski definition) is 5. The largest absolute Gasteiger partial charge is 0.347 e. The average Bonchev–Trinajstić information content (AvgIpc) is 3.46. The van der Waals surface area contributed by atoms with Gasteiger partial charge in [-0.2, -0.15) is 0 Å². The molecule has 8 nitrogen and oxygen atoms in total. The van der Waals surface area contributed by atoms with Crippen molar-refractivity contribution >= 4 is 28.2 Å². The van der Waals surface area contributed by atoms with Crippen LogP contribution in [0.1, 0.15) is 32.1 Å². The zero-order valence-electron chi connectivity index (χ0n) is 16.9. The second-order valence-corrected chi connectivity index (χ2v) is 8.90. The van der Waals surface area contributed by atoms with Crippen LogP contribution >= 0.6 is 15.9 Å². The number of ether oxygens (including phenoxy) is 2. The van der Waals surface area contributed by atoms with Gasteiger partial charge in [0.15, 0.2) is 5.79 Å². The Balaban J connectivity index is 1.64. The van der Waals surface area contributed by atoms with Gasteiger partial charge in [0.05, 0.1) is 37.7 Å². The van der Waals surface area contributed by atoms with E-state index in [-0.39, 0.29) is 17.9 Å². The van der Waals surface area contributed by atoms with Crippen molar-refractivity contribution in [2.45, 2.75) is 38.1 Å². The van der Waals surface area contributed by atoms with E-state index in [0.717, 1.165) is 15.7 Å². The number of aromatic amines is 1. The highest BCUT2D eigenvalue weighted by Gasteiger charge is 2.52. The molecule has 30 heavy (non-hydrogen) atoms. The zero-order chi connectivity index (χ0) is 21.3. The van der Waals surface area contributed by atoms with Gasteiger partial charge in [0.1, 0.15) is 11.9 Å². The Kier molecular flexibility index (Phi) is 5.95. The minimum absolute atomic E-state index is 0.0553. The molecule has 1 aromatic carbocycles. The number of benzene rings is 1. The minimum Gasteiger partial charge on any atom is -0.347 e. The summed E-state index contributed by atoms with van der Waals surface area (Å²) in [5.74, 6) is -0.376. The molecule has 2 unspecified atom stereocenters. The smallest absolute Gasteiger partial charge is 0.246 e. The van der Waals surface area contributed by atoms with Gasteiger partial charge in [0.25, 0.3) is 0 Å². The molecule has 0 bridgehead atoms. The SMILES string of the molecule is CC(C)C(NC=O)C(=O)N1CC2(CC1c1ncc(-c3ccc(Br)cc3)[nH]1)OCCO2. The maximum Gasteiger partial charge on any atom is 0.246 e. The van der Waals surface area contributed by atoms with E-state index in [9.17, 15) is 9.59 Å². The fourth-order valence-corrected chi connectivity index (χ4v) is 4.37. The van der Waals surface area contributed by atoms with Gasteiger partial charge in [-0.25, -0.2) is 4.98 Å². The Morgan fingerprint density at radius 1 is 1.33 bits per heavy atom.